The Morgan fingerprint density at radius 1 is 0.526 bits per heavy atom. The van der Waals surface area contributed by atoms with Gasteiger partial charge in [0.05, 0.1) is 33.1 Å². The lowest BCUT2D eigenvalue weighted by Gasteiger charge is -1.99. The van der Waals surface area contributed by atoms with E-state index in [4.69, 9.17) is 34.8 Å². The third-order valence-corrected chi connectivity index (χ3v) is 7.88. The predicted octanol–water partition coefficient (Wildman–Crippen LogP) is 9.31. The zero-order valence-corrected chi connectivity index (χ0v) is 24.0. The van der Waals surface area contributed by atoms with Gasteiger partial charge in [-0.1, -0.05) is 83.3 Å². The van der Waals surface area contributed by atoms with Crippen LogP contribution in [-0.2, 0) is 33.1 Å². The first-order valence-electron chi connectivity index (χ1n) is 11.4. The van der Waals surface area contributed by atoms with Crippen LogP contribution < -0.4 is 0 Å². The largest absolute Gasteiger partial charge is 0.255 e. The van der Waals surface area contributed by atoms with Crippen molar-refractivity contribution in [1.29, 1.82) is 0 Å². The molecule has 4 aromatic rings. The summed E-state index contributed by atoms with van der Waals surface area (Å²) in [6, 6.07) is 28.1. The van der Waals surface area contributed by atoms with Crippen LogP contribution in [0, 0.1) is 5.82 Å². The van der Waals surface area contributed by atoms with Crippen LogP contribution in [-0.4, -0.2) is 8.42 Å². The molecule has 0 aliphatic heterocycles. The van der Waals surface area contributed by atoms with Crippen LogP contribution in [0.25, 0.3) is 12.2 Å². The fourth-order valence-corrected chi connectivity index (χ4v) is 5.27. The van der Waals surface area contributed by atoms with Crippen molar-refractivity contribution in [2.24, 2.45) is 0 Å². The van der Waals surface area contributed by atoms with Crippen molar-refractivity contribution in [3.05, 3.63) is 151 Å². The molecule has 8 heteroatoms. The Labute approximate surface area is 242 Å². The van der Waals surface area contributed by atoms with Gasteiger partial charge in [0.2, 0.25) is 0 Å². The molecule has 0 saturated heterocycles. The third kappa shape index (κ3) is 11.5. The lowest BCUT2D eigenvalue weighted by molar-refractivity contribution is 0.628. The maximum absolute atomic E-state index is 12.7. The standard InChI is InChI=1S/C15H12Cl2OS.C15H12ClFOS/c16-14-5-1-12(2-6-14)9-10-19(18)11-13-3-7-15(17)8-4-13;16-14-5-1-13(2-6-14)11-19(18)10-9-12-3-7-15(17)8-4-12/h2*1-10H,11H2/b2*10-9+. The number of hydrogen-bond acceptors (Lipinski definition) is 2. The first kappa shape index (κ1) is 30.0. The van der Waals surface area contributed by atoms with Crippen LogP contribution in [0.4, 0.5) is 4.39 Å². The van der Waals surface area contributed by atoms with Gasteiger partial charge in [0, 0.05) is 25.9 Å². The minimum Gasteiger partial charge on any atom is -0.255 e. The first-order chi connectivity index (χ1) is 18.3. The first-order valence-corrected chi connectivity index (χ1v) is 15.3. The summed E-state index contributed by atoms with van der Waals surface area (Å²) in [5, 5.41) is 5.35. The van der Waals surface area contributed by atoms with E-state index in [0.717, 1.165) is 22.3 Å². The van der Waals surface area contributed by atoms with Gasteiger partial charge in [-0.3, -0.25) is 8.42 Å². The summed E-state index contributed by atoms with van der Waals surface area (Å²) in [4.78, 5) is 0. The number of rotatable bonds is 8. The van der Waals surface area contributed by atoms with E-state index in [1.54, 1.807) is 53.3 Å². The third-order valence-electron chi connectivity index (χ3n) is 5.01. The molecule has 2 atom stereocenters. The summed E-state index contributed by atoms with van der Waals surface area (Å²) < 4.78 is 36.5. The van der Waals surface area contributed by atoms with Gasteiger partial charge in [-0.05, 0) is 82.9 Å². The molecule has 0 aromatic heterocycles. The minimum atomic E-state index is -1.10. The van der Waals surface area contributed by atoms with Crippen LogP contribution in [0.1, 0.15) is 22.3 Å². The number of hydrogen-bond donors (Lipinski definition) is 0. The highest BCUT2D eigenvalue weighted by molar-refractivity contribution is 7.87. The average molecular weight is 606 g/mol. The van der Waals surface area contributed by atoms with E-state index in [1.807, 2.05) is 54.6 Å². The van der Waals surface area contributed by atoms with Crippen molar-refractivity contribution in [2.75, 3.05) is 0 Å². The maximum Gasteiger partial charge on any atom is 0.123 e. The van der Waals surface area contributed by atoms with E-state index in [0.29, 0.717) is 26.6 Å². The second-order valence-corrected chi connectivity index (χ2v) is 12.0. The van der Waals surface area contributed by atoms with E-state index < -0.39 is 21.6 Å². The van der Waals surface area contributed by atoms with Crippen molar-refractivity contribution >= 4 is 68.6 Å². The van der Waals surface area contributed by atoms with Gasteiger partial charge in [-0.25, -0.2) is 4.39 Å². The molecule has 0 aliphatic rings. The second-order valence-electron chi connectivity index (χ2n) is 8.01. The summed E-state index contributed by atoms with van der Waals surface area (Å²) in [5.41, 5.74) is 3.77. The van der Waals surface area contributed by atoms with Gasteiger partial charge < -0.3 is 0 Å². The molecule has 0 radical (unpaired) electrons. The Morgan fingerprint density at radius 3 is 1.21 bits per heavy atom. The van der Waals surface area contributed by atoms with E-state index in [-0.39, 0.29) is 5.82 Å². The molecule has 0 saturated carbocycles. The highest BCUT2D eigenvalue weighted by atomic mass is 35.5. The molecular formula is C30H24Cl3FO2S2. The zero-order valence-electron chi connectivity index (χ0n) is 20.1. The van der Waals surface area contributed by atoms with Crippen molar-refractivity contribution in [1.82, 2.24) is 0 Å². The quantitative estimate of drug-likeness (QED) is 0.201. The highest BCUT2D eigenvalue weighted by Crippen LogP contribution is 2.14. The number of benzene rings is 4. The van der Waals surface area contributed by atoms with Crippen LogP contribution in [0.2, 0.25) is 15.1 Å². The molecule has 0 aliphatic carbocycles. The predicted molar refractivity (Wildman–Crippen MR) is 163 cm³/mol. The summed E-state index contributed by atoms with van der Waals surface area (Å²) >= 11 is 17.4. The molecule has 196 valence electrons. The minimum absolute atomic E-state index is 0.278. The molecule has 0 heterocycles. The molecule has 0 spiro atoms. The normalized spacial score (nSPS) is 12.7. The molecule has 2 unspecified atom stereocenters. The van der Waals surface area contributed by atoms with Gasteiger partial charge in [-0.2, -0.15) is 0 Å². The van der Waals surface area contributed by atoms with Crippen LogP contribution in [0.15, 0.2) is 108 Å². The summed E-state index contributed by atoms with van der Waals surface area (Å²) in [6.07, 6.45) is 3.56. The lowest BCUT2D eigenvalue weighted by Crippen LogP contribution is -1.91. The Morgan fingerprint density at radius 2 is 0.842 bits per heavy atom. The molecule has 4 rings (SSSR count). The molecular weight excluding hydrogens is 582 g/mol. The van der Waals surface area contributed by atoms with E-state index in [9.17, 15) is 12.8 Å². The Balaban J connectivity index is 0.000000211. The van der Waals surface area contributed by atoms with Gasteiger partial charge >= 0.3 is 0 Å². The summed E-state index contributed by atoms with van der Waals surface area (Å²) in [6.45, 7) is 0. The van der Waals surface area contributed by atoms with Crippen LogP contribution >= 0.6 is 34.8 Å². The Bertz CT molecular complexity index is 1290. The smallest absolute Gasteiger partial charge is 0.123 e. The molecule has 4 aromatic carbocycles. The van der Waals surface area contributed by atoms with Crippen LogP contribution in [0.5, 0.6) is 0 Å². The highest BCUT2D eigenvalue weighted by Gasteiger charge is 2.00. The molecule has 0 fully saturated rings. The van der Waals surface area contributed by atoms with Gasteiger partial charge in [0.15, 0.2) is 0 Å². The lowest BCUT2D eigenvalue weighted by atomic mass is 10.2. The summed E-state index contributed by atoms with van der Waals surface area (Å²) in [5.74, 6) is 0.648. The summed E-state index contributed by atoms with van der Waals surface area (Å²) in [7, 11) is -2.14. The number of halogens is 4. The van der Waals surface area contributed by atoms with E-state index >= 15 is 0 Å². The average Bonchev–Trinajstić information content (AvgIpc) is 2.91. The van der Waals surface area contributed by atoms with Crippen molar-refractivity contribution in [3.63, 3.8) is 0 Å². The second kappa shape index (κ2) is 15.8. The van der Waals surface area contributed by atoms with Gasteiger partial charge in [-0.15, -0.1) is 0 Å². The molecule has 0 amide bonds. The monoisotopic (exact) mass is 604 g/mol. The zero-order chi connectivity index (χ0) is 27.3. The molecule has 38 heavy (non-hydrogen) atoms. The molecule has 0 N–H and O–H groups in total. The Hall–Kier alpha value is -2.54. The fraction of sp³-hybridized carbons (Fsp3) is 0.0667. The van der Waals surface area contributed by atoms with Crippen LogP contribution in [0.3, 0.4) is 0 Å². The SMILES string of the molecule is O=S(/C=C/c1ccc(Cl)cc1)Cc1ccc(Cl)cc1.O=S(/C=C/c1ccc(F)cc1)Cc1ccc(Cl)cc1. The van der Waals surface area contributed by atoms with Gasteiger partial charge in [0.25, 0.3) is 0 Å². The van der Waals surface area contributed by atoms with Gasteiger partial charge in [0.1, 0.15) is 5.82 Å². The fourth-order valence-electron chi connectivity index (χ4n) is 3.04. The van der Waals surface area contributed by atoms with Crippen molar-refractivity contribution in [3.8, 4) is 0 Å². The molecule has 2 nitrogen and oxygen atoms in total. The molecule has 0 bridgehead atoms. The maximum atomic E-state index is 12.7. The van der Waals surface area contributed by atoms with E-state index in [2.05, 4.69) is 0 Å². The topological polar surface area (TPSA) is 34.1 Å². The van der Waals surface area contributed by atoms with Crippen molar-refractivity contribution in [2.45, 2.75) is 11.5 Å². The van der Waals surface area contributed by atoms with E-state index in [1.165, 1.54) is 12.1 Å². The van der Waals surface area contributed by atoms with Crippen molar-refractivity contribution < 1.29 is 12.8 Å². The Kier molecular flexibility index (Phi) is 12.5.